The summed E-state index contributed by atoms with van der Waals surface area (Å²) in [5.41, 5.74) is 2.86. The third kappa shape index (κ3) is 3.87. The summed E-state index contributed by atoms with van der Waals surface area (Å²) < 4.78 is 16.3. The lowest BCUT2D eigenvalue weighted by Gasteiger charge is -2.29. The number of hydrogen-bond donors (Lipinski definition) is 1. The van der Waals surface area contributed by atoms with Crippen LogP contribution in [0.25, 0.3) is 0 Å². The fourth-order valence-electron chi connectivity index (χ4n) is 2.67. The Morgan fingerprint density at radius 1 is 1.24 bits per heavy atom. The van der Waals surface area contributed by atoms with Crippen LogP contribution in [0.4, 0.5) is 15.8 Å². The highest BCUT2D eigenvalue weighted by molar-refractivity contribution is 6.98. The first-order valence-corrected chi connectivity index (χ1v) is 7.43. The molecule has 0 aliphatic heterocycles. The summed E-state index contributed by atoms with van der Waals surface area (Å²) in [6, 6.07) is 15.5. The van der Waals surface area contributed by atoms with Crippen LogP contribution in [0.1, 0.15) is 5.56 Å². The van der Waals surface area contributed by atoms with Crippen molar-refractivity contribution in [1.29, 1.82) is 0 Å². The lowest BCUT2D eigenvalue weighted by atomic mass is 9.48. The van der Waals surface area contributed by atoms with Crippen LogP contribution >= 0.6 is 0 Å². The first kappa shape index (κ1) is 15.6. The van der Waals surface area contributed by atoms with E-state index in [2.05, 4.69) is 36.6 Å². The molecule has 21 heavy (non-hydrogen) atoms. The predicted molar refractivity (Wildman–Crippen MR) is 98.5 cm³/mol. The summed E-state index contributed by atoms with van der Waals surface area (Å²) in [5.74, 6) is -0.171. The Kier molecular flexibility index (Phi) is 5.43. The normalized spacial score (nSPS) is 10.0. The monoisotopic (exact) mass is 278 g/mol. The van der Waals surface area contributed by atoms with Gasteiger partial charge in [0.25, 0.3) is 0 Å². The fourth-order valence-corrected chi connectivity index (χ4v) is 2.67. The second-order valence-corrected chi connectivity index (χ2v) is 5.24. The van der Waals surface area contributed by atoms with E-state index in [-0.39, 0.29) is 12.7 Å². The molecule has 0 amide bonds. The highest BCUT2D eigenvalue weighted by Crippen LogP contribution is 2.24. The molecule has 0 saturated carbocycles. The lowest BCUT2D eigenvalue weighted by Crippen LogP contribution is -2.42. The van der Waals surface area contributed by atoms with Crippen molar-refractivity contribution < 1.29 is 4.39 Å². The number of hydrogen-bond acceptors (Lipinski definition) is 2. The van der Waals surface area contributed by atoms with Crippen molar-refractivity contribution in [3.05, 3.63) is 59.9 Å². The molecule has 0 bridgehead atoms. The van der Waals surface area contributed by atoms with Crippen LogP contribution in [0, 0.1) is 5.82 Å². The number of benzene rings is 2. The van der Waals surface area contributed by atoms with Crippen LogP contribution in [0.3, 0.4) is 0 Å². The minimum absolute atomic E-state index is 0.171. The minimum Gasteiger partial charge on any atom is -0.467 e. The summed E-state index contributed by atoms with van der Waals surface area (Å²) >= 11 is 0. The van der Waals surface area contributed by atoms with Crippen LogP contribution in [0.15, 0.2) is 48.5 Å². The fraction of sp³-hybridized carbons (Fsp3) is 0.143. The van der Waals surface area contributed by atoms with Gasteiger partial charge in [0.2, 0.25) is 14.8 Å². The van der Waals surface area contributed by atoms with Gasteiger partial charge in [0.15, 0.2) is 7.31 Å². The van der Waals surface area contributed by atoms with Gasteiger partial charge in [-0.25, -0.2) is 4.39 Å². The van der Waals surface area contributed by atoms with E-state index in [1.165, 1.54) is 11.6 Å². The lowest BCUT2D eigenvalue weighted by molar-refractivity contribution is 0.630. The average Bonchev–Trinajstić information content (AvgIpc) is 2.51. The van der Waals surface area contributed by atoms with Crippen molar-refractivity contribution in [3.8, 4) is 0 Å². The molecule has 2 nitrogen and oxygen atoms in total. The Hall–Kier alpha value is -1.77. The molecule has 0 heterocycles. The van der Waals surface area contributed by atoms with E-state index in [1.54, 1.807) is 6.07 Å². The molecule has 0 aromatic heterocycles. The molecule has 2 rings (SSSR count). The summed E-state index contributed by atoms with van der Waals surface area (Å²) in [6.45, 7) is 2.38. The molecule has 0 fully saturated rings. The zero-order chi connectivity index (χ0) is 15.2. The van der Waals surface area contributed by atoms with Crippen molar-refractivity contribution in [2.24, 2.45) is 0 Å². The van der Waals surface area contributed by atoms with E-state index < -0.39 is 0 Å². The van der Waals surface area contributed by atoms with Gasteiger partial charge in [-0.3, -0.25) is 0 Å². The Labute approximate surface area is 129 Å². The Balaban J connectivity index is 2.22. The second kappa shape index (κ2) is 7.30. The smallest absolute Gasteiger partial charge is 0.241 e. The third-order valence-corrected chi connectivity index (χ3v) is 3.79. The molecule has 0 atom stereocenters. The average molecular weight is 278 g/mol. The maximum Gasteiger partial charge on any atom is 0.241 e. The zero-order valence-corrected chi connectivity index (χ0v) is 12.9. The highest BCUT2D eigenvalue weighted by Gasteiger charge is 2.20. The van der Waals surface area contributed by atoms with Crippen molar-refractivity contribution in [2.45, 2.75) is 13.1 Å². The first-order chi connectivity index (χ1) is 10.2. The van der Waals surface area contributed by atoms with Gasteiger partial charge in [0.1, 0.15) is 5.82 Å². The van der Waals surface area contributed by atoms with Gasteiger partial charge in [0, 0.05) is 11.4 Å². The summed E-state index contributed by atoms with van der Waals surface area (Å²) in [5, 5.41) is 3.07. The second-order valence-electron chi connectivity index (χ2n) is 5.24. The maximum absolute atomic E-state index is 14.2. The summed E-state index contributed by atoms with van der Waals surface area (Å²) in [7, 11) is 4.69. The quantitative estimate of drug-likeness (QED) is 0.789. The molecule has 2 aromatic rings. The van der Waals surface area contributed by atoms with E-state index in [4.69, 9.17) is 0 Å². The molecule has 0 spiro atoms. The molecule has 0 radical (unpaired) electrons. The SMILES string of the molecule is BBN(B(C)Cc1ccccc1)c1cc(NB)ccc1F. The van der Waals surface area contributed by atoms with E-state index in [9.17, 15) is 4.39 Å². The largest absolute Gasteiger partial charge is 0.467 e. The molecule has 0 saturated heterocycles. The highest BCUT2D eigenvalue weighted by atomic mass is 19.1. The van der Waals surface area contributed by atoms with Gasteiger partial charge in [-0.1, -0.05) is 42.7 Å². The van der Waals surface area contributed by atoms with E-state index >= 15 is 0 Å². The van der Waals surface area contributed by atoms with Gasteiger partial charge in [-0.2, -0.15) is 0 Å². The number of rotatable bonds is 6. The summed E-state index contributed by atoms with van der Waals surface area (Å²) in [6.07, 6.45) is 0.901. The standard InChI is InChI=1S/C14H19B4FN2/c1-18(10-11-5-3-2-4-6-11)21(17-15)14-9-12(20-16)7-8-13(14)19/h2-9,17,20H,10,15-16H2,1H3. The van der Waals surface area contributed by atoms with Crippen molar-refractivity contribution >= 4 is 41.2 Å². The summed E-state index contributed by atoms with van der Waals surface area (Å²) in [4.78, 5) is 0. The Morgan fingerprint density at radius 2 is 1.95 bits per heavy atom. The van der Waals surface area contributed by atoms with Crippen molar-refractivity contribution in [3.63, 3.8) is 0 Å². The molecular formula is C14H19B4FN2. The Bertz CT molecular complexity index is 582. The molecule has 0 aliphatic rings. The first-order valence-electron chi connectivity index (χ1n) is 7.43. The van der Waals surface area contributed by atoms with Crippen LogP contribution < -0.4 is 9.95 Å². The number of nitrogens with one attached hydrogen (secondary N) is 1. The number of nitrogens with zero attached hydrogens (tertiary/aromatic N) is 1. The number of halogens is 1. The van der Waals surface area contributed by atoms with Crippen LogP contribution in [0.2, 0.25) is 6.82 Å². The van der Waals surface area contributed by atoms with Crippen LogP contribution in [-0.2, 0) is 6.32 Å². The topological polar surface area (TPSA) is 15.3 Å². The third-order valence-electron chi connectivity index (χ3n) is 3.79. The van der Waals surface area contributed by atoms with Gasteiger partial charge in [0.05, 0.1) is 7.74 Å². The molecule has 1 N–H and O–H groups in total. The van der Waals surface area contributed by atoms with E-state index in [1.807, 2.05) is 32.2 Å². The molecular weight excluding hydrogens is 258 g/mol. The van der Waals surface area contributed by atoms with E-state index in [0.717, 1.165) is 19.3 Å². The van der Waals surface area contributed by atoms with Crippen LogP contribution in [0.5, 0.6) is 0 Å². The van der Waals surface area contributed by atoms with Crippen molar-refractivity contribution in [1.82, 2.24) is 0 Å². The van der Waals surface area contributed by atoms with Gasteiger partial charge in [-0.15, -0.1) is 0 Å². The van der Waals surface area contributed by atoms with Crippen molar-refractivity contribution in [2.75, 3.05) is 9.95 Å². The molecule has 0 aliphatic carbocycles. The van der Waals surface area contributed by atoms with E-state index in [0.29, 0.717) is 5.69 Å². The molecule has 7 heteroatoms. The number of anilines is 2. The molecule has 104 valence electrons. The predicted octanol–water partition coefficient (Wildman–Crippen LogP) is 0.895. The van der Waals surface area contributed by atoms with Gasteiger partial charge >= 0.3 is 0 Å². The zero-order valence-electron chi connectivity index (χ0n) is 12.9. The minimum atomic E-state index is -0.171. The maximum atomic E-state index is 14.2. The van der Waals surface area contributed by atoms with Gasteiger partial charge < -0.3 is 9.95 Å². The van der Waals surface area contributed by atoms with Gasteiger partial charge in [-0.05, 0) is 24.5 Å². The Morgan fingerprint density at radius 3 is 2.57 bits per heavy atom. The molecule has 0 unspecified atom stereocenters. The van der Waals surface area contributed by atoms with Crippen LogP contribution in [-0.4, -0.2) is 29.9 Å². The molecule has 2 aromatic carbocycles.